The van der Waals surface area contributed by atoms with E-state index in [0.29, 0.717) is 12.3 Å². The lowest BCUT2D eigenvalue weighted by atomic mass is 9.87. The van der Waals surface area contributed by atoms with Crippen molar-refractivity contribution in [3.63, 3.8) is 0 Å². The van der Waals surface area contributed by atoms with Crippen LogP contribution in [-0.2, 0) is 4.79 Å². The Balaban J connectivity index is 2.49. The van der Waals surface area contributed by atoms with Gasteiger partial charge in [0.2, 0.25) is 0 Å². The third-order valence-corrected chi connectivity index (χ3v) is 4.30. The summed E-state index contributed by atoms with van der Waals surface area (Å²) in [6.45, 7) is 4.34. The topological polar surface area (TPSA) is 63.3 Å². The quantitative estimate of drug-likeness (QED) is 0.726. The fourth-order valence-corrected chi connectivity index (χ4v) is 3.12. The smallest absolute Gasteiger partial charge is 0.320 e. The first-order chi connectivity index (χ1) is 5.93. The predicted octanol–water partition coefficient (Wildman–Crippen LogP) is 1.32. The van der Waals surface area contributed by atoms with E-state index in [1.807, 2.05) is 11.8 Å². The summed E-state index contributed by atoms with van der Waals surface area (Å²) >= 11 is 1.91. The molecule has 0 aromatic rings. The average Bonchev–Trinajstić information content (AvgIpc) is 2.30. The van der Waals surface area contributed by atoms with E-state index in [1.165, 1.54) is 0 Å². The molecule has 0 aliphatic carbocycles. The zero-order chi connectivity index (χ0) is 10.1. The first kappa shape index (κ1) is 10.9. The monoisotopic (exact) mass is 203 g/mol. The normalized spacial score (nSPS) is 28.7. The molecule has 3 nitrogen and oxygen atoms in total. The summed E-state index contributed by atoms with van der Waals surface area (Å²) in [7, 11) is 0. The number of thioether (sulfide) groups is 1. The van der Waals surface area contributed by atoms with Crippen LogP contribution in [0.4, 0.5) is 0 Å². The molecule has 4 heteroatoms. The highest BCUT2D eigenvalue weighted by atomic mass is 32.2. The van der Waals surface area contributed by atoms with Crippen LogP contribution < -0.4 is 5.73 Å². The van der Waals surface area contributed by atoms with E-state index in [2.05, 4.69) is 13.8 Å². The van der Waals surface area contributed by atoms with Crippen LogP contribution in [0.2, 0.25) is 0 Å². The minimum absolute atomic E-state index is 0.201. The molecule has 0 aromatic heterocycles. The molecule has 0 amide bonds. The van der Waals surface area contributed by atoms with Gasteiger partial charge in [0.25, 0.3) is 0 Å². The fourth-order valence-electron chi connectivity index (χ4n) is 1.74. The third-order valence-electron chi connectivity index (χ3n) is 2.78. The van der Waals surface area contributed by atoms with E-state index < -0.39 is 12.0 Å². The molecule has 76 valence electrons. The van der Waals surface area contributed by atoms with E-state index in [-0.39, 0.29) is 4.75 Å². The Hall–Kier alpha value is -0.220. The molecule has 0 saturated carbocycles. The van der Waals surface area contributed by atoms with Crippen LogP contribution in [0, 0.1) is 5.92 Å². The molecule has 0 radical (unpaired) electrons. The highest BCUT2D eigenvalue weighted by molar-refractivity contribution is 8.00. The molecule has 1 fully saturated rings. The van der Waals surface area contributed by atoms with E-state index in [0.717, 1.165) is 12.2 Å². The number of nitrogens with two attached hydrogens (primary N) is 1. The minimum Gasteiger partial charge on any atom is -0.480 e. The molecule has 3 N–H and O–H groups in total. The van der Waals surface area contributed by atoms with Crippen LogP contribution in [0.3, 0.4) is 0 Å². The number of carboxylic acids is 1. The molecule has 0 bridgehead atoms. The lowest BCUT2D eigenvalue weighted by molar-refractivity contribution is -0.139. The standard InChI is InChI=1S/C9H17NO2S/c1-9(2)6(3-4-13-9)5-7(10)8(11)12/h6-7H,3-5,10H2,1-2H3,(H,11,12). The first-order valence-electron chi connectivity index (χ1n) is 4.56. The largest absolute Gasteiger partial charge is 0.480 e. The second-order valence-corrected chi connectivity index (χ2v) is 5.87. The molecule has 0 spiro atoms. The number of rotatable bonds is 3. The van der Waals surface area contributed by atoms with Gasteiger partial charge in [0.05, 0.1) is 0 Å². The molecular weight excluding hydrogens is 186 g/mol. The van der Waals surface area contributed by atoms with Gasteiger partial charge in [0.15, 0.2) is 0 Å². The van der Waals surface area contributed by atoms with Crippen molar-refractivity contribution in [3.8, 4) is 0 Å². The van der Waals surface area contributed by atoms with Crippen LogP contribution in [-0.4, -0.2) is 27.6 Å². The number of carboxylic acid groups (broad SMARTS) is 1. The molecule has 1 heterocycles. The van der Waals surface area contributed by atoms with E-state index >= 15 is 0 Å². The van der Waals surface area contributed by atoms with Crippen molar-refractivity contribution in [2.45, 2.75) is 37.5 Å². The van der Waals surface area contributed by atoms with E-state index in [4.69, 9.17) is 10.8 Å². The zero-order valence-electron chi connectivity index (χ0n) is 8.12. The van der Waals surface area contributed by atoms with Crippen molar-refractivity contribution < 1.29 is 9.90 Å². The molecule has 1 aliphatic rings. The minimum atomic E-state index is -0.882. The fraction of sp³-hybridized carbons (Fsp3) is 0.889. The molecule has 2 atom stereocenters. The molecule has 0 aromatic carbocycles. The van der Waals surface area contributed by atoms with Gasteiger partial charge in [0, 0.05) is 4.75 Å². The lowest BCUT2D eigenvalue weighted by Gasteiger charge is -2.26. The van der Waals surface area contributed by atoms with Crippen molar-refractivity contribution in [1.29, 1.82) is 0 Å². The summed E-state index contributed by atoms with van der Waals surface area (Å²) in [6, 6.07) is -0.692. The van der Waals surface area contributed by atoms with Crippen molar-refractivity contribution in [1.82, 2.24) is 0 Å². The van der Waals surface area contributed by atoms with Crippen LogP contribution in [0.1, 0.15) is 26.7 Å². The maximum Gasteiger partial charge on any atom is 0.320 e. The van der Waals surface area contributed by atoms with Gasteiger partial charge in [-0.3, -0.25) is 4.79 Å². The van der Waals surface area contributed by atoms with E-state index in [1.54, 1.807) is 0 Å². The van der Waals surface area contributed by atoms with Gasteiger partial charge in [-0.25, -0.2) is 0 Å². The summed E-state index contributed by atoms with van der Waals surface area (Å²) in [6.07, 6.45) is 1.70. The van der Waals surface area contributed by atoms with Crippen LogP contribution in [0.15, 0.2) is 0 Å². The van der Waals surface area contributed by atoms with Gasteiger partial charge in [-0.2, -0.15) is 11.8 Å². The summed E-state index contributed by atoms with van der Waals surface area (Å²) in [5.74, 6) is 0.695. The average molecular weight is 203 g/mol. The summed E-state index contributed by atoms with van der Waals surface area (Å²) in [5.41, 5.74) is 5.51. The van der Waals surface area contributed by atoms with Crippen LogP contribution >= 0.6 is 11.8 Å². The maximum atomic E-state index is 10.6. The van der Waals surface area contributed by atoms with Crippen molar-refractivity contribution in [2.24, 2.45) is 11.7 Å². The van der Waals surface area contributed by atoms with Gasteiger partial charge >= 0.3 is 5.97 Å². The lowest BCUT2D eigenvalue weighted by Crippen LogP contribution is -2.36. The molecule has 13 heavy (non-hydrogen) atoms. The first-order valence-corrected chi connectivity index (χ1v) is 5.54. The van der Waals surface area contributed by atoms with E-state index in [9.17, 15) is 4.79 Å². The van der Waals surface area contributed by atoms with Gasteiger partial charge in [0.1, 0.15) is 6.04 Å². The molecule has 1 saturated heterocycles. The van der Waals surface area contributed by atoms with Crippen LogP contribution in [0.25, 0.3) is 0 Å². The zero-order valence-corrected chi connectivity index (χ0v) is 8.93. The van der Waals surface area contributed by atoms with Gasteiger partial charge in [-0.05, 0) is 24.5 Å². The maximum absolute atomic E-state index is 10.6. The van der Waals surface area contributed by atoms with Crippen molar-refractivity contribution >= 4 is 17.7 Å². The van der Waals surface area contributed by atoms with Gasteiger partial charge in [-0.1, -0.05) is 13.8 Å². The molecule has 2 unspecified atom stereocenters. The van der Waals surface area contributed by atoms with Crippen molar-refractivity contribution in [3.05, 3.63) is 0 Å². The Bertz CT molecular complexity index is 206. The van der Waals surface area contributed by atoms with Gasteiger partial charge in [-0.15, -0.1) is 0 Å². The Labute approximate surface area is 83.1 Å². The summed E-state index contributed by atoms with van der Waals surface area (Å²) in [4.78, 5) is 10.6. The van der Waals surface area contributed by atoms with Crippen LogP contribution in [0.5, 0.6) is 0 Å². The Morgan fingerprint density at radius 3 is 2.77 bits per heavy atom. The molecular formula is C9H17NO2S. The SMILES string of the molecule is CC1(C)SCCC1CC(N)C(=O)O. The van der Waals surface area contributed by atoms with Crippen molar-refractivity contribution in [2.75, 3.05) is 5.75 Å². The van der Waals surface area contributed by atoms with Gasteiger partial charge < -0.3 is 10.8 Å². The second-order valence-electron chi connectivity index (χ2n) is 4.12. The number of hydrogen-bond acceptors (Lipinski definition) is 3. The molecule has 1 rings (SSSR count). The highest BCUT2D eigenvalue weighted by Gasteiger charge is 2.36. The Morgan fingerprint density at radius 1 is 1.77 bits per heavy atom. The number of carbonyl (C=O) groups is 1. The third kappa shape index (κ3) is 2.61. The summed E-state index contributed by atoms with van der Waals surface area (Å²) < 4.78 is 0.201. The highest BCUT2D eigenvalue weighted by Crippen LogP contribution is 2.44. The Morgan fingerprint density at radius 2 is 2.38 bits per heavy atom. The summed E-state index contributed by atoms with van der Waals surface area (Å²) in [5, 5.41) is 8.68. The number of hydrogen-bond donors (Lipinski definition) is 2. The number of aliphatic carboxylic acids is 1. The Kier molecular flexibility index (Phi) is 3.24. The second kappa shape index (κ2) is 3.88. The molecule has 1 aliphatic heterocycles. The predicted molar refractivity (Wildman–Crippen MR) is 54.9 cm³/mol.